The summed E-state index contributed by atoms with van der Waals surface area (Å²) in [5, 5.41) is 14.2. The summed E-state index contributed by atoms with van der Waals surface area (Å²) >= 11 is 0. The van der Waals surface area contributed by atoms with E-state index in [1.807, 2.05) is 0 Å². The predicted octanol–water partition coefficient (Wildman–Crippen LogP) is -0.406. The van der Waals surface area contributed by atoms with Crippen LogP contribution in [-0.4, -0.2) is 40.8 Å². The molecule has 0 radical (unpaired) electrons. The first-order chi connectivity index (χ1) is 9.47. The van der Waals surface area contributed by atoms with Gasteiger partial charge in [0.2, 0.25) is 11.8 Å². The zero-order chi connectivity index (χ0) is 14.7. The summed E-state index contributed by atoms with van der Waals surface area (Å²) in [6, 6.07) is -1.73. The van der Waals surface area contributed by atoms with Crippen molar-refractivity contribution in [2.75, 3.05) is 0 Å². The maximum absolute atomic E-state index is 12.0. The molecule has 2 rings (SSSR count). The Balaban J connectivity index is 1.98. The molecule has 3 atom stereocenters. The van der Waals surface area contributed by atoms with Gasteiger partial charge in [-0.2, -0.15) is 0 Å². The number of carboxylic acid groups (broad SMARTS) is 1. The van der Waals surface area contributed by atoms with Crippen molar-refractivity contribution in [2.24, 2.45) is 5.92 Å². The number of carbonyl (C=O) groups is 4. The summed E-state index contributed by atoms with van der Waals surface area (Å²) in [5.74, 6) is -2.15. The molecule has 3 N–H and O–H groups in total. The molecule has 2 amide bonds. The Morgan fingerprint density at radius 1 is 1.25 bits per heavy atom. The van der Waals surface area contributed by atoms with E-state index in [1.54, 1.807) is 0 Å². The molecule has 1 saturated carbocycles. The molecule has 0 aromatic heterocycles. The van der Waals surface area contributed by atoms with E-state index in [1.165, 1.54) is 0 Å². The van der Waals surface area contributed by atoms with Crippen LogP contribution in [-0.2, 0) is 19.2 Å². The number of aliphatic carboxylic acids is 1. The molecular formula is C13H18N2O5. The minimum absolute atomic E-state index is 0.0379. The number of hydrogen-bond donors (Lipinski definition) is 3. The molecule has 2 aliphatic rings. The van der Waals surface area contributed by atoms with Crippen LogP contribution in [0.4, 0.5) is 0 Å². The number of rotatable bonds is 4. The molecule has 0 aromatic rings. The fourth-order valence-corrected chi connectivity index (χ4v) is 2.79. The van der Waals surface area contributed by atoms with Crippen LogP contribution in [0.25, 0.3) is 0 Å². The van der Waals surface area contributed by atoms with E-state index in [2.05, 4.69) is 10.6 Å². The van der Waals surface area contributed by atoms with E-state index < -0.39 is 24.0 Å². The summed E-state index contributed by atoms with van der Waals surface area (Å²) < 4.78 is 0. The molecule has 0 spiro atoms. The molecule has 2 fully saturated rings. The number of carbonyl (C=O) groups excluding carboxylic acids is 3. The van der Waals surface area contributed by atoms with Gasteiger partial charge in [-0.1, -0.05) is 0 Å². The molecule has 1 heterocycles. The molecular weight excluding hydrogens is 264 g/mol. The number of ketones is 1. The van der Waals surface area contributed by atoms with Gasteiger partial charge < -0.3 is 15.7 Å². The fraction of sp³-hybridized carbons (Fsp3) is 0.692. The average Bonchev–Trinajstić information content (AvgIpc) is 2.82. The fourth-order valence-electron chi connectivity index (χ4n) is 2.79. The Kier molecular flexibility index (Phi) is 4.36. The lowest BCUT2D eigenvalue weighted by atomic mass is 9.83. The van der Waals surface area contributed by atoms with Crippen LogP contribution >= 0.6 is 0 Å². The summed E-state index contributed by atoms with van der Waals surface area (Å²) in [4.78, 5) is 45.8. The van der Waals surface area contributed by atoms with Crippen LogP contribution in [0.15, 0.2) is 0 Å². The van der Waals surface area contributed by atoms with Crippen molar-refractivity contribution in [1.29, 1.82) is 0 Å². The monoisotopic (exact) mass is 282 g/mol. The molecule has 0 aromatic carbocycles. The number of amides is 2. The maximum atomic E-state index is 12.0. The highest BCUT2D eigenvalue weighted by molar-refractivity contribution is 5.93. The highest BCUT2D eigenvalue weighted by Gasteiger charge is 2.36. The summed E-state index contributed by atoms with van der Waals surface area (Å²) in [5.41, 5.74) is 0. The summed E-state index contributed by atoms with van der Waals surface area (Å²) in [7, 11) is 0. The largest absolute Gasteiger partial charge is 0.480 e. The molecule has 110 valence electrons. The van der Waals surface area contributed by atoms with Gasteiger partial charge >= 0.3 is 5.97 Å². The van der Waals surface area contributed by atoms with Gasteiger partial charge in [0.15, 0.2) is 0 Å². The normalized spacial score (nSPS) is 27.8. The van der Waals surface area contributed by atoms with E-state index >= 15 is 0 Å². The summed E-state index contributed by atoms with van der Waals surface area (Å²) in [6.45, 7) is 0. The Hall–Kier alpha value is -1.92. The molecule has 20 heavy (non-hydrogen) atoms. The second-order valence-electron chi connectivity index (χ2n) is 5.38. The molecule has 0 unspecified atom stereocenters. The summed E-state index contributed by atoms with van der Waals surface area (Å²) in [6.07, 6.45) is 2.59. The lowest BCUT2D eigenvalue weighted by Gasteiger charge is -2.28. The number of Topliss-reactive ketones (excluding diaryl/α,β-unsaturated/α-hetero) is 1. The standard InChI is InChI=1S/C13H18N2O5/c16-8-3-1-2-7(6-8)11(13(19)20)15-12(18)9-4-5-10(17)14-9/h7,9,11H,1-6H2,(H,14,17)(H,15,18)(H,19,20)/t7-,9+,11+/m0/s1. The van der Waals surface area contributed by atoms with Crippen LogP contribution in [0, 0.1) is 5.92 Å². The smallest absolute Gasteiger partial charge is 0.326 e. The first kappa shape index (κ1) is 14.5. The highest BCUT2D eigenvalue weighted by Crippen LogP contribution is 2.25. The number of nitrogens with one attached hydrogen (secondary N) is 2. The van der Waals surface area contributed by atoms with Crippen molar-refractivity contribution < 1.29 is 24.3 Å². The van der Waals surface area contributed by atoms with Crippen molar-refractivity contribution in [1.82, 2.24) is 10.6 Å². The van der Waals surface area contributed by atoms with Crippen molar-refractivity contribution in [2.45, 2.75) is 50.6 Å². The van der Waals surface area contributed by atoms with Gasteiger partial charge in [0.1, 0.15) is 17.9 Å². The Bertz CT molecular complexity index is 448. The van der Waals surface area contributed by atoms with Gasteiger partial charge in [0, 0.05) is 19.3 Å². The topological polar surface area (TPSA) is 113 Å². The molecule has 0 bridgehead atoms. The van der Waals surface area contributed by atoms with Gasteiger partial charge in [0.25, 0.3) is 0 Å². The van der Waals surface area contributed by atoms with E-state index in [-0.39, 0.29) is 30.4 Å². The lowest BCUT2D eigenvalue weighted by molar-refractivity contribution is -0.144. The van der Waals surface area contributed by atoms with Gasteiger partial charge in [-0.25, -0.2) is 4.79 Å². The van der Waals surface area contributed by atoms with E-state index in [0.29, 0.717) is 25.7 Å². The minimum Gasteiger partial charge on any atom is -0.480 e. The van der Waals surface area contributed by atoms with Crippen LogP contribution in [0.5, 0.6) is 0 Å². The van der Waals surface area contributed by atoms with Gasteiger partial charge in [-0.05, 0) is 25.2 Å². The third-order valence-corrected chi connectivity index (χ3v) is 3.87. The molecule has 7 nitrogen and oxygen atoms in total. The Morgan fingerprint density at radius 2 is 2.00 bits per heavy atom. The molecule has 1 saturated heterocycles. The molecule has 1 aliphatic heterocycles. The first-order valence-electron chi connectivity index (χ1n) is 6.81. The van der Waals surface area contributed by atoms with Crippen molar-refractivity contribution in [3.63, 3.8) is 0 Å². The second kappa shape index (κ2) is 6.02. The van der Waals surface area contributed by atoms with Gasteiger partial charge in [0.05, 0.1) is 0 Å². The van der Waals surface area contributed by atoms with Crippen LogP contribution < -0.4 is 10.6 Å². The van der Waals surface area contributed by atoms with Crippen molar-refractivity contribution in [3.8, 4) is 0 Å². The zero-order valence-electron chi connectivity index (χ0n) is 11.1. The molecule has 7 heteroatoms. The average molecular weight is 282 g/mol. The first-order valence-corrected chi connectivity index (χ1v) is 6.81. The zero-order valence-corrected chi connectivity index (χ0v) is 11.1. The molecule has 1 aliphatic carbocycles. The van der Waals surface area contributed by atoms with Gasteiger partial charge in [-0.3, -0.25) is 14.4 Å². The predicted molar refractivity (Wildman–Crippen MR) is 67.7 cm³/mol. The third kappa shape index (κ3) is 3.34. The number of hydrogen-bond acceptors (Lipinski definition) is 4. The van der Waals surface area contributed by atoms with Crippen molar-refractivity contribution >= 4 is 23.6 Å². The highest BCUT2D eigenvalue weighted by atomic mass is 16.4. The minimum atomic E-state index is -1.14. The maximum Gasteiger partial charge on any atom is 0.326 e. The SMILES string of the molecule is O=C1CCC[C@H]([C@@H](NC(=O)[C@H]2CCC(=O)N2)C(=O)O)C1. The Morgan fingerprint density at radius 3 is 2.55 bits per heavy atom. The lowest BCUT2D eigenvalue weighted by Crippen LogP contribution is -2.52. The van der Waals surface area contributed by atoms with Crippen molar-refractivity contribution in [3.05, 3.63) is 0 Å². The van der Waals surface area contributed by atoms with Crippen LogP contribution in [0.2, 0.25) is 0 Å². The third-order valence-electron chi connectivity index (χ3n) is 3.87. The van der Waals surface area contributed by atoms with E-state index in [4.69, 9.17) is 0 Å². The van der Waals surface area contributed by atoms with E-state index in [0.717, 1.165) is 0 Å². The van der Waals surface area contributed by atoms with Crippen LogP contribution in [0.3, 0.4) is 0 Å². The quantitative estimate of drug-likeness (QED) is 0.649. The van der Waals surface area contributed by atoms with E-state index in [9.17, 15) is 24.3 Å². The second-order valence-corrected chi connectivity index (χ2v) is 5.38. The van der Waals surface area contributed by atoms with Crippen LogP contribution in [0.1, 0.15) is 38.5 Å². The Labute approximate surface area is 116 Å². The van der Waals surface area contributed by atoms with Gasteiger partial charge in [-0.15, -0.1) is 0 Å². The number of carboxylic acids is 1.